The summed E-state index contributed by atoms with van der Waals surface area (Å²) in [6, 6.07) is 9.52. The maximum absolute atomic E-state index is 12.8. The standard InChI is InChI=1S/C17H17ClN4O2/c18-15-9-16(20-11-19-15)21-5-7-22(8-6-21)17(23)13-10-24-14-4-2-1-3-12(13)14/h1-4,9,11,13H,5-8,10H2. The lowest BCUT2D eigenvalue weighted by atomic mass is 9.99. The van der Waals surface area contributed by atoms with E-state index in [0.29, 0.717) is 24.8 Å². The number of aromatic nitrogens is 2. The highest BCUT2D eigenvalue weighted by molar-refractivity contribution is 6.29. The first-order valence-corrected chi connectivity index (χ1v) is 8.33. The third-order valence-electron chi connectivity index (χ3n) is 4.53. The van der Waals surface area contributed by atoms with Crippen LogP contribution in [0.25, 0.3) is 0 Å². The molecule has 0 saturated carbocycles. The molecule has 124 valence electrons. The number of hydrogen-bond acceptors (Lipinski definition) is 5. The zero-order valence-corrected chi connectivity index (χ0v) is 13.8. The molecule has 24 heavy (non-hydrogen) atoms. The van der Waals surface area contributed by atoms with E-state index >= 15 is 0 Å². The van der Waals surface area contributed by atoms with Gasteiger partial charge in [0, 0.05) is 37.8 Å². The molecule has 1 unspecified atom stereocenters. The minimum absolute atomic E-state index is 0.139. The molecule has 3 heterocycles. The molecule has 1 fully saturated rings. The van der Waals surface area contributed by atoms with Crippen LogP contribution in [0.3, 0.4) is 0 Å². The van der Waals surface area contributed by atoms with Crippen LogP contribution >= 0.6 is 11.6 Å². The molecule has 1 aromatic carbocycles. The Bertz CT molecular complexity index is 762. The predicted molar refractivity (Wildman–Crippen MR) is 90.5 cm³/mol. The first-order valence-electron chi connectivity index (χ1n) is 7.95. The van der Waals surface area contributed by atoms with E-state index in [4.69, 9.17) is 16.3 Å². The van der Waals surface area contributed by atoms with Crippen LogP contribution in [0.2, 0.25) is 5.15 Å². The Labute approximate surface area is 145 Å². The van der Waals surface area contributed by atoms with E-state index in [-0.39, 0.29) is 11.8 Å². The Hall–Kier alpha value is -2.34. The third-order valence-corrected chi connectivity index (χ3v) is 4.74. The number of para-hydroxylation sites is 1. The van der Waals surface area contributed by atoms with Crippen molar-refractivity contribution in [1.29, 1.82) is 0 Å². The summed E-state index contributed by atoms with van der Waals surface area (Å²) < 4.78 is 5.64. The van der Waals surface area contributed by atoms with Crippen molar-refractivity contribution < 1.29 is 9.53 Å². The largest absolute Gasteiger partial charge is 0.492 e. The Kier molecular flexibility index (Phi) is 3.98. The summed E-state index contributed by atoms with van der Waals surface area (Å²) in [5.41, 5.74) is 0.993. The first kappa shape index (κ1) is 15.2. The molecule has 0 bridgehead atoms. The second-order valence-corrected chi connectivity index (χ2v) is 6.30. The number of anilines is 1. The topological polar surface area (TPSA) is 58.6 Å². The van der Waals surface area contributed by atoms with Gasteiger partial charge < -0.3 is 14.5 Å². The Morgan fingerprint density at radius 2 is 1.96 bits per heavy atom. The maximum Gasteiger partial charge on any atom is 0.233 e. The fourth-order valence-electron chi connectivity index (χ4n) is 3.24. The SMILES string of the molecule is O=C(C1COc2ccccc21)N1CCN(c2cc(Cl)ncn2)CC1. The second kappa shape index (κ2) is 6.28. The third kappa shape index (κ3) is 2.78. The molecule has 7 heteroatoms. The van der Waals surface area contributed by atoms with Crippen molar-refractivity contribution in [3.63, 3.8) is 0 Å². The fraction of sp³-hybridized carbons (Fsp3) is 0.353. The first-order chi connectivity index (χ1) is 11.7. The highest BCUT2D eigenvalue weighted by Crippen LogP contribution is 2.34. The van der Waals surface area contributed by atoms with Gasteiger partial charge in [-0.25, -0.2) is 9.97 Å². The summed E-state index contributed by atoms with van der Waals surface area (Å²) in [5.74, 6) is 1.57. The van der Waals surface area contributed by atoms with Crippen molar-refractivity contribution in [3.05, 3.63) is 47.4 Å². The van der Waals surface area contributed by atoms with Gasteiger partial charge >= 0.3 is 0 Å². The van der Waals surface area contributed by atoms with Gasteiger partial charge in [-0.15, -0.1) is 0 Å². The van der Waals surface area contributed by atoms with Gasteiger partial charge in [-0.1, -0.05) is 29.8 Å². The number of piperazine rings is 1. The number of ether oxygens (including phenoxy) is 1. The number of fused-ring (bicyclic) bond motifs is 1. The van der Waals surface area contributed by atoms with Crippen molar-refractivity contribution in [1.82, 2.24) is 14.9 Å². The molecule has 0 radical (unpaired) electrons. The van der Waals surface area contributed by atoms with Crippen molar-refractivity contribution >= 4 is 23.3 Å². The van der Waals surface area contributed by atoms with Crippen LogP contribution < -0.4 is 9.64 Å². The van der Waals surface area contributed by atoms with E-state index in [1.54, 1.807) is 6.07 Å². The van der Waals surface area contributed by atoms with E-state index < -0.39 is 0 Å². The van der Waals surface area contributed by atoms with Gasteiger partial charge in [0.15, 0.2) is 0 Å². The molecule has 1 saturated heterocycles. The maximum atomic E-state index is 12.8. The van der Waals surface area contributed by atoms with Crippen molar-refractivity contribution in [2.45, 2.75) is 5.92 Å². The number of rotatable bonds is 2. The van der Waals surface area contributed by atoms with Gasteiger partial charge in [0.1, 0.15) is 35.6 Å². The van der Waals surface area contributed by atoms with E-state index in [1.807, 2.05) is 29.2 Å². The van der Waals surface area contributed by atoms with Crippen LogP contribution in [0.4, 0.5) is 5.82 Å². The quantitative estimate of drug-likeness (QED) is 0.779. The molecule has 2 aliphatic heterocycles. The predicted octanol–water partition coefficient (Wildman–Crippen LogP) is 1.95. The summed E-state index contributed by atoms with van der Waals surface area (Å²) in [4.78, 5) is 25.0. The van der Waals surface area contributed by atoms with Crippen molar-refractivity contribution in [2.24, 2.45) is 0 Å². The van der Waals surface area contributed by atoms with E-state index in [9.17, 15) is 4.79 Å². The smallest absolute Gasteiger partial charge is 0.233 e. The highest BCUT2D eigenvalue weighted by Gasteiger charge is 2.34. The number of carbonyl (C=O) groups excluding carboxylic acids is 1. The van der Waals surface area contributed by atoms with Gasteiger partial charge in [-0.05, 0) is 6.07 Å². The summed E-state index contributed by atoms with van der Waals surface area (Å²) >= 11 is 5.92. The number of benzene rings is 1. The minimum Gasteiger partial charge on any atom is -0.492 e. The summed E-state index contributed by atoms with van der Waals surface area (Å²) in [6.45, 7) is 3.22. The second-order valence-electron chi connectivity index (χ2n) is 5.91. The van der Waals surface area contributed by atoms with Crippen LogP contribution in [0, 0.1) is 0 Å². The molecule has 0 N–H and O–H groups in total. The molecular weight excluding hydrogens is 328 g/mol. The van der Waals surface area contributed by atoms with Gasteiger partial charge in [0.25, 0.3) is 0 Å². The Morgan fingerprint density at radius 1 is 1.17 bits per heavy atom. The fourth-order valence-corrected chi connectivity index (χ4v) is 3.38. The number of hydrogen-bond donors (Lipinski definition) is 0. The van der Waals surface area contributed by atoms with E-state index in [2.05, 4.69) is 14.9 Å². The number of carbonyl (C=O) groups is 1. The lowest BCUT2D eigenvalue weighted by Crippen LogP contribution is -2.50. The number of halogens is 1. The van der Waals surface area contributed by atoms with Crippen molar-refractivity contribution in [3.8, 4) is 5.75 Å². The summed E-state index contributed by atoms with van der Waals surface area (Å²) in [6.07, 6.45) is 1.46. The van der Waals surface area contributed by atoms with Crippen molar-refractivity contribution in [2.75, 3.05) is 37.7 Å². The van der Waals surface area contributed by atoms with Gasteiger partial charge in [-0.2, -0.15) is 0 Å². The average Bonchev–Trinajstić information content (AvgIpc) is 3.05. The van der Waals surface area contributed by atoms with Crippen LogP contribution in [0.1, 0.15) is 11.5 Å². The zero-order valence-electron chi connectivity index (χ0n) is 13.1. The molecule has 1 aromatic heterocycles. The molecule has 2 aliphatic rings. The Morgan fingerprint density at radius 3 is 2.75 bits per heavy atom. The van der Waals surface area contributed by atoms with Crippen LogP contribution in [0.15, 0.2) is 36.7 Å². The number of nitrogens with zero attached hydrogens (tertiary/aromatic N) is 4. The molecule has 4 rings (SSSR count). The molecule has 2 aromatic rings. The molecule has 1 amide bonds. The lowest BCUT2D eigenvalue weighted by Gasteiger charge is -2.36. The van der Waals surface area contributed by atoms with Gasteiger partial charge in [0.05, 0.1) is 0 Å². The van der Waals surface area contributed by atoms with E-state index in [0.717, 1.165) is 30.2 Å². The monoisotopic (exact) mass is 344 g/mol. The average molecular weight is 345 g/mol. The van der Waals surface area contributed by atoms with Gasteiger partial charge in [-0.3, -0.25) is 4.79 Å². The van der Waals surface area contributed by atoms with Gasteiger partial charge in [0.2, 0.25) is 5.91 Å². The molecule has 6 nitrogen and oxygen atoms in total. The summed E-state index contributed by atoms with van der Waals surface area (Å²) in [5, 5.41) is 0.429. The normalized spacial score (nSPS) is 19.8. The zero-order chi connectivity index (χ0) is 16.5. The minimum atomic E-state index is -0.193. The number of amides is 1. The Balaban J connectivity index is 1.42. The van der Waals surface area contributed by atoms with E-state index in [1.165, 1.54) is 6.33 Å². The van der Waals surface area contributed by atoms with Crippen LogP contribution in [-0.4, -0.2) is 53.6 Å². The molecule has 0 aliphatic carbocycles. The highest BCUT2D eigenvalue weighted by atomic mass is 35.5. The summed E-state index contributed by atoms with van der Waals surface area (Å²) in [7, 11) is 0. The van der Waals surface area contributed by atoms with Crippen LogP contribution in [-0.2, 0) is 4.79 Å². The lowest BCUT2D eigenvalue weighted by molar-refractivity contribution is -0.133. The molecule has 1 atom stereocenters. The van der Waals surface area contributed by atoms with Crippen LogP contribution in [0.5, 0.6) is 5.75 Å². The molecule has 0 spiro atoms. The molecular formula is C17H17ClN4O2.